The zero-order valence-corrected chi connectivity index (χ0v) is 15.1. The number of ether oxygens (including phenoxy) is 1. The van der Waals surface area contributed by atoms with Gasteiger partial charge in [-0.2, -0.15) is 0 Å². The van der Waals surface area contributed by atoms with E-state index < -0.39 is 0 Å². The highest BCUT2D eigenvalue weighted by Crippen LogP contribution is 2.31. The number of methoxy groups -OCH3 is 1. The van der Waals surface area contributed by atoms with Crippen LogP contribution in [0.5, 0.6) is 5.75 Å². The van der Waals surface area contributed by atoms with E-state index in [2.05, 4.69) is 10.3 Å². The molecule has 1 aliphatic carbocycles. The van der Waals surface area contributed by atoms with Crippen LogP contribution in [0.4, 0.5) is 0 Å². The Bertz CT molecular complexity index is 714. The summed E-state index contributed by atoms with van der Waals surface area (Å²) in [5.74, 6) is 1.18. The summed E-state index contributed by atoms with van der Waals surface area (Å²) in [4.78, 5) is 16.6. The van der Waals surface area contributed by atoms with Gasteiger partial charge in [-0.1, -0.05) is 18.2 Å². The molecule has 2 N–H and O–H groups in total. The third-order valence-electron chi connectivity index (χ3n) is 5.08. The molecule has 5 heteroatoms. The second-order valence-electron chi connectivity index (χ2n) is 6.93. The van der Waals surface area contributed by atoms with Gasteiger partial charge in [-0.05, 0) is 60.9 Å². The Morgan fingerprint density at radius 3 is 2.69 bits per heavy atom. The van der Waals surface area contributed by atoms with Crippen LogP contribution in [0.15, 0.2) is 48.8 Å². The maximum absolute atomic E-state index is 12.5. The van der Waals surface area contributed by atoms with Crippen molar-refractivity contribution < 1.29 is 14.6 Å². The van der Waals surface area contributed by atoms with E-state index in [9.17, 15) is 9.90 Å². The topological polar surface area (TPSA) is 71.5 Å². The summed E-state index contributed by atoms with van der Waals surface area (Å²) in [5.41, 5.74) is 2.19. The number of aliphatic hydroxyl groups is 1. The fourth-order valence-corrected chi connectivity index (χ4v) is 3.50. The second-order valence-corrected chi connectivity index (χ2v) is 6.93. The number of benzene rings is 1. The van der Waals surface area contributed by atoms with Crippen molar-refractivity contribution in [2.45, 2.75) is 44.2 Å². The van der Waals surface area contributed by atoms with Gasteiger partial charge in [0.1, 0.15) is 5.75 Å². The molecule has 26 heavy (non-hydrogen) atoms. The molecule has 5 nitrogen and oxygen atoms in total. The lowest BCUT2D eigenvalue weighted by molar-refractivity contribution is -0.122. The van der Waals surface area contributed by atoms with E-state index in [-0.39, 0.29) is 18.1 Å². The van der Waals surface area contributed by atoms with Gasteiger partial charge < -0.3 is 15.2 Å². The first-order valence-electron chi connectivity index (χ1n) is 9.14. The first kappa shape index (κ1) is 18.4. The zero-order valence-electron chi connectivity index (χ0n) is 15.1. The van der Waals surface area contributed by atoms with Crippen molar-refractivity contribution in [3.63, 3.8) is 0 Å². The molecule has 1 unspecified atom stereocenters. The van der Waals surface area contributed by atoms with Gasteiger partial charge in [0.15, 0.2) is 0 Å². The number of para-hydroxylation sites is 1. The molecule has 0 radical (unpaired) electrons. The summed E-state index contributed by atoms with van der Waals surface area (Å²) in [6.45, 7) is 0. The number of carbonyl (C=O) groups excluding carboxylic acids is 1. The number of pyridine rings is 1. The van der Waals surface area contributed by atoms with Crippen LogP contribution in [0, 0.1) is 5.92 Å². The van der Waals surface area contributed by atoms with Crippen LogP contribution < -0.4 is 10.1 Å². The van der Waals surface area contributed by atoms with Gasteiger partial charge in [0.25, 0.3) is 0 Å². The molecule has 1 aromatic carbocycles. The number of carbonyl (C=O) groups is 1. The molecular formula is C21H26N2O3. The Kier molecular flexibility index (Phi) is 6.23. The van der Waals surface area contributed by atoms with Gasteiger partial charge in [-0.3, -0.25) is 9.78 Å². The largest absolute Gasteiger partial charge is 0.496 e. The van der Waals surface area contributed by atoms with Crippen LogP contribution in [0.1, 0.15) is 30.4 Å². The van der Waals surface area contributed by atoms with Gasteiger partial charge in [0.05, 0.1) is 13.2 Å². The lowest BCUT2D eigenvalue weighted by atomic mass is 9.75. The summed E-state index contributed by atoms with van der Waals surface area (Å²) in [7, 11) is 1.64. The summed E-state index contributed by atoms with van der Waals surface area (Å²) >= 11 is 0. The summed E-state index contributed by atoms with van der Waals surface area (Å²) in [5, 5.41) is 12.8. The molecule has 0 aliphatic heterocycles. The van der Waals surface area contributed by atoms with Gasteiger partial charge >= 0.3 is 0 Å². The van der Waals surface area contributed by atoms with Crippen LogP contribution in [-0.2, 0) is 17.6 Å². The fraction of sp³-hybridized carbons (Fsp3) is 0.429. The first-order chi connectivity index (χ1) is 12.7. The van der Waals surface area contributed by atoms with Crippen molar-refractivity contribution in [1.29, 1.82) is 0 Å². The molecule has 1 fully saturated rings. The molecule has 1 amide bonds. The Morgan fingerprint density at radius 2 is 2.00 bits per heavy atom. The highest BCUT2D eigenvalue weighted by Gasteiger charge is 2.34. The molecule has 1 atom stereocenters. The van der Waals surface area contributed by atoms with E-state index in [1.807, 2.05) is 36.4 Å². The Labute approximate surface area is 154 Å². The van der Waals surface area contributed by atoms with E-state index in [0.717, 1.165) is 36.1 Å². The number of hydrogen-bond acceptors (Lipinski definition) is 4. The first-order valence-corrected chi connectivity index (χ1v) is 9.14. The molecule has 1 saturated carbocycles. The molecule has 0 saturated heterocycles. The van der Waals surface area contributed by atoms with Gasteiger partial charge in [-0.25, -0.2) is 0 Å². The summed E-state index contributed by atoms with van der Waals surface area (Å²) < 4.78 is 5.35. The standard InChI is InChI=1S/C21H26N2O3/c1-26-20-5-3-2-4-16(20)6-7-21(25)23-19(17-13-18(24)14-17)12-15-8-10-22-11-9-15/h2-5,8-11,17-19,24H,6-7,12-14H2,1H3,(H,23,25). The molecule has 138 valence electrons. The average molecular weight is 354 g/mol. The SMILES string of the molecule is COc1ccccc1CCC(=O)NC(Cc1ccncc1)C1CC(O)C1. The number of hydrogen-bond donors (Lipinski definition) is 2. The Hall–Kier alpha value is -2.40. The van der Waals surface area contributed by atoms with Crippen molar-refractivity contribution in [2.24, 2.45) is 5.92 Å². The molecule has 1 aliphatic rings. The number of aromatic nitrogens is 1. The number of nitrogens with one attached hydrogen (secondary N) is 1. The van der Waals surface area contributed by atoms with E-state index in [1.54, 1.807) is 19.5 Å². The predicted molar refractivity (Wildman–Crippen MR) is 99.9 cm³/mol. The maximum Gasteiger partial charge on any atom is 0.220 e. The van der Waals surface area contributed by atoms with Gasteiger partial charge in [0.2, 0.25) is 5.91 Å². The smallest absolute Gasteiger partial charge is 0.220 e. The molecule has 1 aromatic heterocycles. The molecule has 3 rings (SSSR count). The van der Waals surface area contributed by atoms with Gasteiger partial charge in [-0.15, -0.1) is 0 Å². The minimum Gasteiger partial charge on any atom is -0.496 e. The number of aliphatic hydroxyl groups excluding tert-OH is 1. The summed E-state index contributed by atoms with van der Waals surface area (Å²) in [6, 6.07) is 11.8. The molecule has 0 bridgehead atoms. The third kappa shape index (κ3) is 4.82. The maximum atomic E-state index is 12.5. The van der Waals surface area contributed by atoms with Crippen LogP contribution >= 0.6 is 0 Å². The second kappa shape index (κ2) is 8.81. The quantitative estimate of drug-likeness (QED) is 0.764. The van der Waals surface area contributed by atoms with E-state index in [1.165, 1.54) is 0 Å². The van der Waals surface area contributed by atoms with E-state index in [4.69, 9.17) is 4.74 Å². The predicted octanol–water partition coefficient (Wildman–Crippen LogP) is 2.52. The van der Waals surface area contributed by atoms with Crippen LogP contribution in [-0.4, -0.2) is 35.3 Å². The van der Waals surface area contributed by atoms with Crippen LogP contribution in [0.3, 0.4) is 0 Å². The number of amides is 1. The zero-order chi connectivity index (χ0) is 18.4. The number of rotatable bonds is 8. The van der Waals surface area contributed by atoms with Crippen molar-refractivity contribution in [3.05, 3.63) is 59.9 Å². The minimum absolute atomic E-state index is 0.0383. The van der Waals surface area contributed by atoms with Crippen LogP contribution in [0.2, 0.25) is 0 Å². The average Bonchev–Trinajstić information content (AvgIpc) is 2.64. The fourth-order valence-electron chi connectivity index (χ4n) is 3.50. The normalized spacial score (nSPS) is 20.1. The number of aryl methyl sites for hydroxylation is 1. The highest BCUT2D eigenvalue weighted by atomic mass is 16.5. The Balaban J connectivity index is 1.58. The highest BCUT2D eigenvalue weighted by molar-refractivity contribution is 5.76. The summed E-state index contributed by atoms with van der Waals surface area (Å²) in [6.07, 6.45) is 6.64. The Morgan fingerprint density at radius 1 is 1.27 bits per heavy atom. The third-order valence-corrected chi connectivity index (χ3v) is 5.08. The number of nitrogens with zero attached hydrogens (tertiary/aromatic N) is 1. The lowest BCUT2D eigenvalue weighted by Gasteiger charge is -2.38. The lowest BCUT2D eigenvalue weighted by Crippen LogP contribution is -2.48. The minimum atomic E-state index is -0.231. The monoisotopic (exact) mass is 354 g/mol. The van der Waals surface area contributed by atoms with Crippen molar-refractivity contribution >= 4 is 5.91 Å². The molecule has 2 aromatic rings. The molecule has 0 spiro atoms. The van der Waals surface area contributed by atoms with Crippen molar-refractivity contribution in [1.82, 2.24) is 10.3 Å². The van der Waals surface area contributed by atoms with Crippen molar-refractivity contribution in [2.75, 3.05) is 7.11 Å². The van der Waals surface area contributed by atoms with Crippen molar-refractivity contribution in [3.8, 4) is 5.75 Å². The van der Waals surface area contributed by atoms with E-state index in [0.29, 0.717) is 18.8 Å². The van der Waals surface area contributed by atoms with E-state index >= 15 is 0 Å². The van der Waals surface area contributed by atoms with Crippen LogP contribution in [0.25, 0.3) is 0 Å². The molecule has 1 heterocycles. The van der Waals surface area contributed by atoms with Gasteiger partial charge in [0, 0.05) is 24.9 Å². The molecular weight excluding hydrogens is 328 g/mol.